The van der Waals surface area contributed by atoms with Gasteiger partial charge < -0.3 is 14.8 Å². The number of hydrogen-bond acceptors (Lipinski definition) is 6. The number of hydrogen-bond donors (Lipinski definition) is 1. The number of rotatable bonds is 5. The number of Topliss-reactive ketones (excluding diaryl/α,β-unsaturated/α-hetero) is 1. The van der Waals surface area contributed by atoms with E-state index in [2.05, 4.69) is 22.2 Å². The third-order valence-electron chi connectivity index (χ3n) is 5.72. The van der Waals surface area contributed by atoms with E-state index in [-0.39, 0.29) is 23.5 Å². The maximum Gasteiger partial charge on any atom is 0.254 e. The number of methoxy groups -OCH3 is 1. The van der Waals surface area contributed by atoms with E-state index in [1.54, 1.807) is 25.4 Å². The Morgan fingerprint density at radius 2 is 1.90 bits per heavy atom. The molecule has 1 fully saturated rings. The molecule has 0 spiro atoms. The molecule has 29 heavy (non-hydrogen) atoms. The zero-order chi connectivity index (χ0) is 21.3. The smallest absolute Gasteiger partial charge is 0.254 e. The van der Waals surface area contributed by atoms with Crippen LogP contribution in [0.25, 0.3) is 0 Å². The highest BCUT2D eigenvalue weighted by molar-refractivity contribution is 5.97. The molecule has 1 aliphatic heterocycles. The summed E-state index contributed by atoms with van der Waals surface area (Å²) < 4.78 is 11.8. The van der Waals surface area contributed by atoms with E-state index in [0.717, 1.165) is 11.3 Å². The molecular weight excluding hydrogens is 370 g/mol. The van der Waals surface area contributed by atoms with Crippen molar-refractivity contribution in [2.75, 3.05) is 12.4 Å². The summed E-state index contributed by atoms with van der Waals surface area (Å²) in [5.41, 5.74) is 1.97. The first-order valence-electron chi connectivity index (χ1n) is 9.61. The number of aromatic nitrogens is 2. The Morgan fingerprint density at radius 3 is 2.55 bits per heavy atom. The lowest BCUT2D eigenvalue weighted by molar-refractivity contribution is -0.131. The Morgan fingerprint density at radius 1 is 1.21 bits per heavy atom. The molecule has 1 amide bonds. The van der Waals surface area contributed by atoms with Crippen LogP contribution in [0.3, 0.4) is 0 Å². The second-order valence-corrected chi connectivity index (χ2v) is 7.95. The number of ketones is 1. The third kappa shape index (κ3) is 4.00. The van der Waals surface area contributed by atoms with E-state index in [1.807, 2.05) is 26.8 Å². The topological polar surface area (TPSA) is 90.4 Å². The number of amides is 1. The van der Waals surface area contributed by atoms with Crippen LogP contribution in [0.4, 0.5) is 5.69 Å². The minimum atomic E-state index is -0.718. The van der Waals surface area contributed by atoms with Crippen LogP contribution >= 0.6 is 0 Å². The van der Waals surface area contributed by atoms with Crippen molar-refractivity contribution >= 4 is 17.4 Å². The van der Waals surface area contributed by atoms with Gasteiger partial charge in [-0.25, -0.2) is 0 Å². The van der Waals surface area contributed by atoms with Crippen molar-refractivity contribution in [3.8, 4) is 5.75 Å². The second kappa shape index (κ2) is 7.91. The third-order valence-corrected chi connectivity index (χ3v) is 5.72. The zero-order valence-corrected chi connectivity index (χ0v) is 17.6. The molecule has 3 heterocycles. The van der Waals surface area contributed by atoms with Crippen LogP contribution in [0.5, 0.6) is 5.75 Å². The molecule has 0 radical (unpaired) electrons. The van der Waals surface area contributed by atoms with Gasteiger partial charge in [-0.3, -0.25) is 19.6 Å². The van der Waals surface area contributed by atoms with Gasteiger partial charge in [0.2, 0.25) is 0 Å². The maximum atomic E-state index is 13.2. The van der Waals surface area contributed by atoms with E-state index in [0.29, 0.717) is 17.1 Å². The number of nitrogens with one attached hydrogen (secondary N) is 1. The molecule has 0 saturated carbocycles. The number of carbonyl (C=O) groups is 2. The van der Waals surface area contributed by atoms with Crippen LogP contribution in [0.2, 0.25) is 0 Å². The van der Waals surface area contributed by atoms with E-state index in [9.17, 15) is 9.59 Å². The van der Waals surface area contributed by atoms with Crippen molar-refractivity contribution in [2.24, 2.45) is 5.92 Å². The molecule has 0 bridgehead atoms. The maximum absolute atomic E-state index is 13.2. The molecule has 154 valence electrons. The Labute approximate surface area is 170 Å². The summed E-state index contributed by atoms with van der Waals surface area (Å²) >= 11 is 0. The second-order valence-electron chi connectivity index (χ2n) is 7.95. The molecule has 7 nitrogen and oxygen atoms in total. The van der Waals surface area contributed by atoms with Gasteiger partial charge >= 0.3 is 0 Å². The van der Waals surface area contributed by atoms with Crippen molar-refractivity contribution < 1.29 is 19.1 Å². The summed E-state index contributed by atoms with van der Waals surface area (Å²) in [7, 11) is 1.61. The number of carbonyl (C=O) groups excluding carboxylic acids is 2. The summed E-state index contributed by atoms with van der Waals surface area (Å²) in [6, 6.07) is 5.11. The summed E-state index contributed by atoms with van der Waals surface area (Å²) in [5, 5.41) is 2.88. The minimum Gasteiger partial charge on any atom is -0.495 e. The fraction of sp³-hybridized carbons (Fsp3) is 0.455. The highest BCUT2D eigenvalue weighted by Crippen LogP contribution is 2.48. The molecule has 1 N–H and O–H groups in total. The minimum absolute atomic E-state index is 0.0548. The van der Waals surface area contributed by atoms with Crippen molar-refractivity contribution in [2.45, 2.75) is 52.2 Å². The van der Waals surface area contributed by atoms with Gasteiger partial charge in [0.1, 0.15) is 17.5 Å². The fourth-order valence-electron chi connectivity index (χ4n) is 3.87. The SMILES string of the molecule is COc1c([C@H]2[C@H](C(=O)Nc3ccnc(C(C)=O)c3)OC(C)(C)[C@H]2C)ccnc1C. The van der Waals surface area contributed by atoms with Crippen molar-refractivity contribution in [3.05, 3.63) is 47.5 Å². The number of anilines is 1. The number of nitrogens with zero attached hydrogens (tertiary/aromatic N) is 2. The standard InChI is InChI=1S/C22H27N3O4/c1-12-18(16-8-10-23-13(2)19(16)28-6)20(29-22(12,4)5)21(27)25-15-7-9-24-17(11-15)14(3)26/h7-12,18,20H,1-6H3,(H,24,25,27)/t12-,18-,20+/m0/s1. The largest absolute Gasteiger partial charge is 0.495 e. The Kier molecular flexibility index (Phi) is 5.71. The van der Waals surface area contributed by atoms with Crippen molar-refractivity contribution in [1.29, 1.82) is 0 Å². The molecule has 0 unspecified atom stereocenters. The highest BCUT2D eigenvalue weighted by atomic mass is 16.5. The summed E-state index contributed by atoms with van der Waals surface area (Å²) in [6.45, 7) is 9.36. The molecule has 1 aliphatic rings. The van der Waals surface area contributed by atoms with Gasteiger partial charge in [-0.1, -0.05) is 6.92 Å². The van der Waals surface area contributed by atoms with Gasteiger partial charge in [0, 0.05) is 36.5 Å². The van der Waals surface area contributed by atoms with E-state index in [4.69, 9.17) is 9.47 Å². The molecule has 1 saturated heterocycles. The molecular formula is C22H27N3O4. The molecule has 0 aromatic carbocycles. The first-order chi connectivity index (χ1) is 13.7. The summed E-state index contributed by atoms with van der Waals surface area (Å²) in [4.78, 5) is 33.1. The van der Waals surface area contributed by atoms with Crippen LogP contribution in [-0.4, -0.2) is 40.5 Å². The van der Waals surface area contributed by atoms with Crippen LogP contribution < -0.4 is 10.1 Å². The van der Waals surface area contributed by atoms with Crippen LogP contribution in [0.1, 0.15) is 55.4 Å². The fourth-order valence-corrected chi connectivity index (χ4v) is 3.87. The number of aryl methyl sites for hydroxylation is 1. The Balaban J connectivity index is 1.96. The lowest BCUT2D eigenvalue weighted by atomic mass is 9.78. The lowest BCUT2D eigenvalue weighted by Gasteiger charge is -2.26. The lowest BCUT2D eigenvalue weighted by Crippen LogP contribution is -2.33. The van der Waals surface area contributed by atoms with E-state index < -0.39 is 11.7 Å². The van der Waals surface area contributed by atoms with E-state index in [1.165, 1.54) is 13.1 Å². The van der Waals surface area contributed by atoms with Crippen LogP contribution in [0, 0.1) is 12.8 Å². The Hall–Kier alpha value is -2.80. The Bertz CT molecular complexity index is 941. The summed E-state index contributed by atoms with van der Waals surface area (Å²) in [5.74, 6) is 0.0775. The molecule has 2 aromatic heterocycles. The zero-order valence-electron chi connectivity index (χ0n) is 17.6. The van der Waals surface area contributed by atoms with Gasteiger partial charge in [-0.05, 0) is 44.9 Å². The average molecular weight is 397 g/mol. The van der Waals surface area contributed by atoms with Crippen LogP contribution in [0.15, 0.2) is 30.6 Å². The van der Waals surface area contributed by atoms with Gasteiger partial charge in [-0.15, -0.1) is 0 Å². The van der Waals surface area contributed by atoms with Gasteiger partial charge in [0.25, 0.3) is 5.91 Å². The predicted molar refractivity (Wildman–Crippen MR) is 109 cm³/mol. The number of pyridine rings is 2. The summed E-state index contributed by atoms with van der Waals surface area (Å²) in [6.07, 6.45) is 2.51. The first kappa shape index (κ1) is 20.9. The highest BCUT2D eigenvalue weighted by Gasteiger charge is 2.51. The normalized spacial score (nSPS) is 22.9. The molecule has 7 heteroatoms. The molecule has 3 rings (SSSR count). The van der Waals surface area contributed by atoms with Gasteiger partial charge in [0.05, 0.1) is 18.4 Å². The van der Waals surface area contributed by atoms with E-state index >= 15 is 0 Å². The predicted octanol–water partition coefficient (Wildman–Crippen LogP) is 3.53. The number of ether oxygens (including phenoxy) is 2. The van der Waals surface area contributed by atoms with Crippen molar-refractivity contribution in [1.82, 2.24) is 9.97 Å². The van der Waals surface area contributed by atoms with Crippen LogP contribution in [-0.2, 0) is 9.53 Å². The molecule has 3 atom stereocenters. The molecule has 2 aromatic rings. The molecule has 0 aliphatic carbocycles. The average Bonchev–Trinajstić information content (AvgIpc) is 2.91. The van der Waals surface area contributed by atoms with Gasteiger partial charge in [0.15, 0.2) is 5.78 Å². The van der Waals surface area contributed by atoms with Gasteiger partial charge in [-0.2, -0.15) is 0 Å². The van der Waals surface area contributed by atoms with Crippen molar-refractivity contribution in [3.63, 3.8) is 0 Å². The quantitative estimate of drug-likeness (QED) is 0.776. The monoisotopic (exact) mass is 397 g/mol. The first-order valence-corrected chi connectivity index (χ1v) is 9.61.